The maximum Gasteiger partial charge on any atom is 0.191 e. The minimum Gasteiger partial charge on any atom is -0.357 e. The zero-order chi connectivity index (χ0) is 20.8. The van der Waals surface area contributed by atoms with Gasteiger partial charge in [0.15, 0.2) is 5.96 Å². The van der Waals surface area contributed by atoms with Crippen molar-refractivity contribution in [3.05, 3.63) is 89.8 Å². The van der Waals surface area contributed by atoms with E-state index in [9.17, 15) is 4.39 Å². The van der Waals surface area contributed by atoms with Crippen molar-refractivity contribution >= 4 is 29.9 Å². The molecule has 0 aliphatic heterocycles. The van der Waals surface area contributed by atoms with Crippen LogP contribution in [-0.2, 0) is 18.5 Å². The fourth-order valence-electron chi connectivity index (χ4n) is 3.69. The number of aromatic nitrogens is 2. The van der Waals surface area contributed by atoms with Gasteiger partial charge in [-0.25, -0.2) is 14.4 Å². The normalized spacial score (nSPS) is 14.6. The van der Waals surface area contributed by atoms with Gasteiger partial charge in [-0.2, -0.15) is 0 Å². The summed E-state index contributed by atoms with van der Waals surface area (Å²) in [5.41, 5.74) is 3.07. The third-order valence-corrected chi connectivity index (χ3v) is 5.60. The van der Waals surface area contributed by atoms with Crippen LogP contribution in [0.4, 0.5) is 4.39 Å². The lowest BCUT2D eigenvalue weighted by Gasteiger charge is -2.19. The molecule has 3 aromatic rings. The Morgan fingerprint density at radius 1 is 1.10 bits per heavy atom. The Hall–Kier alpha value is -2.42. The summed E-state index contributed by atoms with van der Waals surface area (Å²) in [6.45, 7) is 4.91. The molecule has 0 unspecified atom stereocenters. The van der Waals surface area contributed by atoms with Gasteiger partial charge < -0.3 is 15.2 Å². The molecular weight excluding hydrogens is 504 g/mol. The van der Waals surface area contributed by atoms with Crippen molar-refractivity contribution in [1.82, 2.24) is 20.2 Å². The predicted molar refractivity (Wildman–Crippen MR) is 133 cm³/mol. The monoisotopic (exact) mass is 533 g/mol. The molecule has 1 saturated carbocycles. The molecule has 1 aromatic heterocycles. The fourth-order valence-corrected chi connectivity index (χ4v) is 3.69. The summed E-state index contributed by atoms with van der Waals surface area (Å²) >= 11 is 0. The van der Waals surface area contributed by atoms with Crippen LogP contribution in [0.5, 0.6) is 0 Å². The van der Waals surface area contributed by atoms with Crippen molar-refractivity contribution in [2.45, 2.75) is 38.3 Å². The molecule has 1 heterocycles. The number of benzene rings is 2. The lowest BCUT2D eigenvalue weighted by atomic mass is 9.95. The molecule has 0 saturated heterocycles. The van der Waals surface area contributed by atoms with E-state index in [0.29, 0.717) is 13.1 Å². The minimum atomic E-state index is -0.116. The molecule has 2 aromatic carbocycles. The average molecular weight is 533 g/mol. The molecule has 1 aliphatic carbocycles. The van der Waals surface area contributed by atoms with Crippen molar-refractivity contribution < 1.29 is 4.39 Å². The van der Waals surface area contributed by atoms with Crippen LogP contribution in [0.1, 0.15) is 36.5 Å². The highest BCUT2D eigenvalue weighted by molar-refractivity contribution is 14.0. The van der Waals surface area contributed by atoms with Gasteiger partial charge in [-0.05, 0) is 42.5 Å². The topological polar surface area (TPSA) is 54.2 Å². The van der Waals surface area contributed by atoms with E-state index in [1.54, 1.807) is 18.3 Å². The van der Waals surface area contributed by atoms with E-state index in [4.69, 9.17) is 4.99 Å². The van der Waals surface area contributed by atoms with Crippen LogP contribution in [-0.4, -0.2) is 28.6 Å². The highest BCUT2D eigenvalue weighted by Crippen LogP contribution is 2.48. The molecule has 4 rings (SSSR count). The molecule has 7 heteroatoms. The van der Waals surface area contributed by atoms with Crippen molar-refractivity contribution in [3.63, 3.8) is 0 Å². The highest BCUT2D eigenvalue weighted by atomic mass is 127. The first kappa shape index (κ1) is 23.2. The van der Waals surface area contributed by atoms with Gasteiger partial charge in [-0.1, -0.05) is 42.5 Å². The van der Waals surface area contributed by atoms with Gasteiger partial charge in [-0.15, -0.1) is 24.0 Å². The van der Waals surface area contributed by atoms with Crippen LogP contribution in [0.25, 0.3) is 0 Å². The Morgan fingerprint density at radius 3 is 2.48 bits per heavy atom. The number of imidazole rings is 1. The second-order valence-corrected chi connectivity index (χ2v) is 7.86. The van der Waals surface area contributed by atoms with Crippen LogP contribution < -0.4 is 10.6 Å². The molecule has 0 radical (unpaired) electrons. The first-order valence-electron chi connectivity index (χ1n) is 10.5. The standard InChI is InChI=1S/C24H28FN5.HI/c1-2-27-23(29-17-24(11-12-24)21-5-3-4-6-22(21)25)28-15-19-7-9-20(10-8-19)16-30-14-13-26-18-30;/h3-10,13-14,18H,2,11-12,15-17H2,1H3,(H2,27,28,29);1H. The van der Waals surface area contributed by atoms with Crippen LogP contribution in [0.3, 0.4) is 0 Å². The van der Waals surface area contributed by atoms with Gasteiger partial charge in [-0.3, -0.25) is 0 Å². The molecule has 0 amide bonds. The van der Waals surface area contributed by atoms with Crippen molar-refractivity contribution in [3.8, 4) is 0 Å². The lowest BCUT2D eigenvalue weighted by molar-refractivity contribution is 0.559. The summed E-state index contributed by atoms with van der Waals surface area (Å²) in [4.78, 5) is 8.80. The molecule has 0 atom stereocenters. The predicted octanol–water partition coefficient (Wildman–Crippen LogP) is 4.48. The summed E-state index contributed by atoms with van der Waals surface area (Å²) in [6, 6.07) is 15.6. The van der Waals surface area contributed by atoms with Gasteiger partial charge in [0.2, 0.25) is 0 Å². The zero-order valence-corrected chi connectivity index (χ0v) is 20.1. The summed E-state index contributed by atoms with van der Waals surface area (Å²) < 4.78 is 16.3. The molecule has 0 bridgehead atoms. The quantitative estimate of drug-likeness (QED) is 0.255. The maximum absolute atomic E-state index is 14.2. The van der Waals surface area contributed by atoms with E-state index < -0.39 is 0 Å². The third kappa shape index (κ3) is 6.06. The van der Waals surface area contributed by atoms with E-state index in [0.717, 1.165) is 43.0 Å². The molecule has 0 spiro atoms. The Balaban J connectivity index is 0.00000272. The van der Waals surface area contributed by atoms with Gasteiger partial charge in [0.05, 0.1) is 12.9 Å². The van der Waals surface area contributed by atoms with Crippen molar-refractivity contribution in [2.75, 3.05) is 13.1 Å². The fraction of sp³-hybridized carbons (Fsp3) is 0.333. The number of aliphatic imine (C=N–C) groups is 1. The van der Waals surface area contributed by atoms with Crippen molar-refractivity contribution in [1.29, 1.82) is 0 Å². The molecule has 1 aliphatic rings. The molecular formula is C24H29FIN5. The number of hydrogen-bond donors (Lipinski definition) is 2. The first-order valence-corrected chi connectivity index (χ1v) is 10.5. The van der Waals surface area contributed by atoms with Crippen LogP contribution >= 0.6 is 24.0 Å². The Labute approximate surface area is 200 Å². The molecule has 2 N–H and O–H groups in total. The van der Waals surface area contributed by atoms with Gasteiger partial charge >= 0.3 is 0 Å². The lowest BCUT2D eigenvalue weighted by Crippen LogP contribution is -2.41. The van der Waals surface area contributed by atoms with Crippen LogP contribution in [0.15, 0.2) is 72.2 Å². The SMILES string of the molecule is CCNC(=NCc1ccc(Cn2ccnc2)cc1)NCC1(c2ccccc2F)CC1.I. The summed E-state index contributed by atoms with van der Waals surface area (Å²) in [5, 5.41) is 6.72. The summed E-state index contributed by atoms with van der Waals surface area (Å²) in [6.07, 6.45) is 7.56. The highest BCUT2D eigenvalue weighted by Gasteiger charge is 2.45. The average Bonchev–Trinajstić information content (AvgIpc) is 3.37. The van der Waals surface area contributed by atoms with E-state index in [-0.39, 0.29) is 35.2 Å². The number of nitrogens with one attached hydrogen (secondary N) is 2. The second kappa shape index (κ2) is 10.7. The molecule has 31 heavy (non-hydrogen) atoms. The van der Waals surface area contributed by atoms with Crippen LogP contribution in [0.2, 0.25) is 0 Å². The summed E-state index contributed by atoms with van der Waals surface area (Å²) in [7, 11) is 0. The van der Waals surface area contributed by atoms with E-state index in [1.165, 1.54) is 5.56 Å². The maximum atomic E-state index is 14.2. The van der Waals surface area contributed by atoms with Crippen LogP contribution in [0, 0.1) is 5.82 Å². The molecule has 5 nitrogen and oxygen atoms in total. The number of rotatable bonds is 8. The van der Waals surface area contributed by atoms with E-state index >= 15 is 0 Å². The summed E-state index contributed by atoms with van der Waals surface area (Å²) in [5.74, 6) is 0.650. The Morgan fingerprint density at radius 2 is 1.84 bits per heavy atom. The largest absolute Gasteiger partial charge is 0.357 e. The van der Waals surface area contributed by atoms with Gasteiger partial charge in [0.25, 0.3) is 0 Å². The molecule has 164 valence electrons. The van der Waals surface area contributed by atoms with Crippen molar-refractivity contribution in [2.24, 2.45) is 4.99 Å². The molecule has 1 fully saturated rings. The van der Waals surface area contributed by atoms with E-state index in [2.05, 4.69) is 39.9 Å². The minimum absolute atomic E-state index is 0. The van der Waals surface area contributed by atoms with Gasteiger partial charge in [0, 0.05) is 37.4 Å². The Kier molecular flexibility index (Phi) is 8.06. The second-order valence-electron chi connectivity index (χ2n) is 7.86. The number of halogens is 2. The number of nitrogens with zero attached hydrogens (tertiary/aromatic N) is 3. The number of guanidine groups is 1. The Bertz CT molecular complexity index is 981. The van der Waals surface area contributed by atoms with E-state index in [1.807, 2.05) is 36.1 Å². The first-order chi connectivity index (χ1) is 14.7. The number of hydrogen-bond acceptors (Lipinski definition) is 2. The third-order valence-electron chi connectivity index (χ3n) is 5.60. The zero-order valence-electron chi connectivity index (χ0n) is 17.7. The smallest absolute Gasteiger partial charge is 0.191 e. The van der Waals surface area contributed by atoms with Gasteiger partial charge in [0.1, 0.15) is 5.82 Å².